The van der Waals surface area contributed by atoms with E-state index in [4.69, 9.17) is 21.3 Å². The molecule has 0 bridgehead atoms. The minimum atomic E-state index is 0.00315. The van der Waals surface area contributed by atoms with Gasteiger partial charge >= 0.3 is 0 Å². The first-order valence-electron chi connectivity index (χ1n) is 10.6. The predicted octanol–water partition coefficient (Wildman–Crippen LogP) is 4.85. The van der Waals surface area contributed by atoms with Crippen molar-refractivity contribution in [2.75, 3.05) is 37.7 Å². The van der Waals surface area contributed by atoms with Gasteiger partial charge in [0.2, 0.25) is 0 Å². The Morgan fingerprint density at radius 2 is 1.65 bits per heavy atom. The number of rotatable bonds is 4. The lowest BCUT2D eigenvalue weighted by Gasteiger charge is -2.35. The fourth-order valence-electron chi connectivity index (χ4n) is 4.12. The Morgan fingerprint density at radius 3 is 2.32 bits per heavy atom. The molecule has 2 aromatic carbocycles. The van der Waals surface area contributed by atoms with Gasteiger partial charge in [0.25, 0.3) is 5.91 Å². The molecule has 0 atom stereocenters. The lowest BCUT2D eigenvalue weighted by molar-refractivity contribution is -0.133. The van der Waals surface area contributed by atoms with E-state index in [1.165, 1.54) is 16.5 Å². The number of amides is 1. The van der Waals surface area contributed by atoms with Gasteiger partial charge in [-0.3, -0.25) is 4.79 Å². The van der Waals surface area contributed by atoms with Gasteiger partial charge in [0.05, 0.1) is 5.52 Å². The minimum Gasteiger partial charge on any atom is -0.484 e. The van der Waals surface area contributed by atoms with E-state index < -0.39 is 0 Å². The largest absolute Gasteiger partial charge is 0.484 e. The van der Waals surface area contributed by atoms with Gasteiger partial charge in [-0.1, -0.05) is 29.8 Å². The topological polar surface area (TPSA) is 45.7 Å². The first kappa shape index (κ1) is 21.4. The number of nitrogens with zero attached hydrogens (tertiary/aromatic N) is 3. The van der Waals surface area contributed by atoms with Crippen LogP contribution in [0, 0.1) is 27.7 Å². The smallest absolute Gasteiger partial charge is 0.260 e. The molecule has 1 amide bonds. The van der Waals surface area contributed by atoms with Crippen LogP contribution >= 0.6 is 11.6 Å². The molecule has 1 aliphatic rings. The van der Waals surface area contributed by atoms with Crippen LogP contribution in [0.25, 0.3) is 10.9 Å². The fourth-order valence-corrected chi connectivity index (χ4v) is 4.23. The molecule has 6 heteroatoms. The highest BCUT2D eigenvalue weighted by Crippen LogP contribution is 2.27. The molecule has 1 saturated heterocycles. The molecule has 1 aromatic heterocycles. The summed E-state index contributed by atoms with van der Waals surface area (Å²) in [6, 6.07) is 12.2. The molecule has 162 valence electrons. The second-order valence-electron chi connectivity index (χ2n) is 8.30. The zero-order valence-corrected chi connectivity index (χ0v) is 19.3. The second-order valence-corrected chi connectivity index (χ2v) is 8.67. The fraction of sp³-hybridized carbons (Fsp3) is 0.360. The number of para-hydroxylation sites is 1. The number of hydrogen-bond donors (Lipinski definition) is 0. The van der Waals surface area contributed by atoms with Gasteiger partial charge in [0.15, 0.2) is 6.61 Å². The van der Waals surface area contributed by atoms with Crippen LogP contribution in [0.4, 0.5) is 5.82 Å². The van der Waals surface area contributed by atoms with Gasteiger partial charge in [0, 0.05) is 36.6 Å². The van der Waals surface area contributed by atoms with E-state index in [0.29, 0.717) is 18.8 Å². The van der Waals surface area contributed by atoms with Crippen LogP contribution in [0.2, 0.25) is 5.02 Å². The van der Waals surface area contributed by atoms with Crippen LogP contribution < -0.4 is 9.64 Å². The van der Waals surface area contributed by atoms with Crippen molar-refractivity contribution in [3.8, 4) is 5.75 Å². The SMILES string of the molecule is Cc1cc(OCC(=O)N2CCN(c3cc(C)c4cccc(C)c4n3)CC2)cc(C)c1Cl. The zero-order valence-electron chi connectivity index (χ0n) is 18.5. The van der Waals surface area contributed by atoms with Gasteiger partial charge in [-0.05, 0) is 68.1 Å². The molecule has 0 spiro atoms. The number of anilines is 1. The van der Waals surface area contributed by atoms with E-state index in [1.54, 1.807) is 0 Å². The number of carbonyl (C=O) groups excluding carboxylic acids is 1. The first-order valence-corrected chi connectivity index (χ1v) is 11.0. The second kappa shape index (κ2) is 8.75. The molecule has 0 unspecified atom stereocenters. The van der Waals surface area contributed by atoms with Crippen LogP contribution in [0.1, 0.15) is 22.3 Å². The molecule has 31 heavy (non-hydrogen) atoms. The van der Waals surface area contributed by atoms with Crippen LogP contribution in [0.3, 0.4) is 0 Å². The number of ether oxygens (including phenoxy) is 1. The van der Waals surface area contributed by atoms with Crippen molar-refractivity contribution in [2.45, 2.75) is 27.7 Å². The lowest BCUT2D eigenvalue weighted by Crippen LogP contribution is -2.50. The maximum atomic E-state index is 12.7. The van der Waals surface area contributed by atoms with Crippen LogP contribution in [0.5, 0.6) is 5.75 Å². The van der Waals surface area contributed by atoms with E-state index in [2.05, 4.69) is 43.0 Å². The Bertz CT molecular complexity index is 1110. The van der Waals surface area contributed by atoms with Crippen molar-refractivity contribution in [3.63, 3.8) is 0 Å². The number of benzene rings is 2. The molecule has 1 aliphatic heterocycles. The third-order valence-electron chi connectivity index (χ3n) is 5.96. The molecule has 0 N–H and O–H groups in total. The molecule has 1 fully saturated rings. The predicted molar refractivity (Wildman–Crippen MR) is 126 cm³/mol. The number of aryl methyl sites for hydroxylation is 4. The maximum Gasteiger partial charge on any atom is 0.260 e. The minimum absolute atomic E-state index is 0.00315. The number of carbonyl (C=O) groups is 1. The first-order chi connectivity index (χ1) is 14.8. The average molecular weight is 438 g/mol. The van der Waals surface area contributed by atoms with Crippen LogP contribution in [-0.4, -0.2) is 48.6 Å². The third kappa shape index (κ3) is 4.47. The van der Waals surface area contributed by atoms with E-state index in [-0.39, 0.29) is 12.5 Å². The molecule has 0 saturated carbocycles. The third-order valence-corrected chi connectivity index (χ3v) is 6.56. The van der Waals surface area contributed by atoms with Crippen molar-refractivity contribution in [1.82, 2.24) is 9.88 Å². The van der Waals surface area contributed by atoms with E-state index in [9.17, 15) is 4.79 Å². The van der Waals surface area contributed by atoms with Gasteiger partial charge in [-0.25, -0.2) is 4.98 Å². The summed E-state index contributed by atoms with van der Waals surface area (Å²) in [5.74, 6) is 1.66. The summed E-state index contributed by atoms with van der Waals surface area (Å²) in [5, 5.41) is 1.94. The normalized spacial score (nSPS) is 14.2. The van der Waals surface area contributed by atoms with Crippen LogP contribution in [0.15, 0.2) is 36.4 Å². The Balaban J connectivity index is 1.38. The molecule has 3 aromatic rings. The maximum absolute atomic E-state index is 12.7. The quantitative estimate of drug-likeness (QED) is 0.585. The molecule has 4 rings (SSSR count). The number of halogens is 1. The molecule has 5 nitrogen and oxygen atoms in total. The molecular formula is C25H28ClN3O2. The summed E-state index contributed by atoms with van der Waals surface area (Å²) >= 11 is 6.21. The van der Waals surface area contributed by atoms with E-state index in [0.717, 1.165) is 40.6 Å². The van der Waals surface area contributed by atoms with Crippen molar-refractivity contribution < 1.29 is 9.53 Å². The number of hydrogen-bond acceptors (Lipinski definition) is 4. The number of pyridine rings is 1. The molecule has 2 heterocycles. The standard InChI is InChI=1S/C25H28ClN3O2/c1-16-6-5-7-21-17(2)14-22(27-25(16)21)28-8-10-29(11-9-28)23(30)15-31-20-12-18(3)24(26)19(4)13-20/h5-7,12-14H,8-11,15H2,1-4H3. The van der Waals surface area contributed by atoms with E-state index >= 15 is 0 Å². The average Bonchev–Trinajstić information content (AvgIpc) is 2.76. The molecule has 0 aliphatic carbocycles. The monoisotopic (exact) mass is 437 g/mol. The van der Waals surface area contributed by atoms with E-state index in [1.807, 2.05) is 30.9 Å². The van der Waals surface area contributed by atoms with Gasteiger partial charge in [0.1, 0.15) is 11.6 Å². The Hall–Kier alpha value is -2.79. The summed E-state index contributed by atoms with van der Waals surface area (Å²) in [4.78, 5) is 21.7. The number of piperazine rings is 1. The summed E-state index contributed by atoms with van der Waals surface area (Å²) in [5.41, 5.74) is 5.36. The van der Waals surface area contributed by atoms with Gasteiger partial charge in [-0.2, -0.15) is 0 Å². The Kier molecular flexibility index (Phi) is 6.05. The van der Waals surface area contributed by atoms with Gasteiger partial charge in [-0.15, -0.1) is 0 Å². The van der Waals surface area contributed by atoms with Crippen molar-refractivity contribution >= 4 is 34.2 Å². The summed E-state index contributed by atoms with van der Waals surface area (Å²) in [6.45, 7) is 11.0. The number of aromatic nitrogens is 1. The van der Waals surface area contributed by atoms with Crippen LogP contribution in [-0.2, 0) is 4.79 Å². The van der Waals surface area contributed by atoms with Gasteiger partial charge < -0.3 is 14.5 Å². The summed E-state index contributed by atoms with van der Waals surface area (Å²) in [6.07, 6.45) is 0. The highest BCUT2D eigenvalue weighted by Gasteiger charge is 2.23. The van der Waals surface area contributed by atoms with Crippen molar-refractivity contribution in [2.24, 2.45) is 0 Å². The Morgan fingerprint density at radius 1 is 0.968 bits per heavy atom. The summed E-state index contributed by atoms with van der Waals surface area (Å²) < 4.78 is 5.75. The molecule has 0 radical (unpaired) electrons. The van der Waals surface area contributed by atoms with Crippen molar-refractivity contribution in [1.29, 1.82) is 0 Å². The zero-order chi connectivity index (χ0) is 22.1. The molecular weight excluding hydrogens is 410 g/mol. The summed E-state index contributed by atoms with van der Waals surface area (Å²) in [7, 11) is 0. The highest BCUT2D eigenvalue weighted by molar-refractivity contribution is 6.32. The lowest BCUT2D eigenvalue weighted by atomic mass is 10.1. The Labute approximate surface area is 188 Å². The number of fused-ring (bicyclic) bond motifs is 1. The van der Waals surface area contributed by atoms with Crippen molar-refractivity contribution in [3.05, 3.63) is 63.7 Å². The highest BCUT2D eigenvalue weighted by atomic mass is 35.5.